The topological polar surface area (TPSA) is 24.5 Å². The minimum Gasteiger partial charge on any atom is -0.357 e. The van der Waals surface area contributed by atoms with Gasteiger partial charge < -0.3 is 9.64 Å². The van der Waals surface area contributed by atoms with Crippen molar-refractivity contribution < 1.29 is 4.74 Å². The lowest BCUT2D eigenvalue weighted by atomic mass is 9.99. The van der Waals surface area contributed by atoms with E-state index in [9.17, 15) is 0 Å². The molecule has 3 fully saturated rings. The van der Waals surface area contributed by atoms with Crippen molar-refractivity contribution in [2.45, 2.75) is 50.4 Å². The molecule has 2 heterocycles. The van der Waals surface area contributed by atoms with E-state index in [1.54, 1.807) is 0 Å². The first-order valence-corrected chi connectivity index (χ1v) is 6.89. The summed E-state index contributed by atoms with van der Waals surface area (Å²) < 4.78 is 6.43. The van der Waals surface area contributed by atoms with Crippen molar-refractivity contribution in [3.05, 3.63) is 0 Å². The highest BCUT2D eigenvalue weighted by Gasteiger charge is 2.42. The summed E-state index contributed by atoms with van der Waals surface area (Å²) in [4.78, 5) is 2.43. The summed E-state index contributed by atoms with van der Waals surface area (Å²) in [6, 6.07) is 0. The van der Waals surface area contributed by atoms with E-state index in [1.807, 2.05) is 0 Å². The van der Waals surface area contributed by atoms with Gasteiger partial charge in [0.1, 0.15) is 5.72 Å². The van der Waals surface area contributed by atoms with Crippen molar-refractivity contribution >= 4 is 0 Å². The third-order valence-corrected chi connectivity index (χ3v) is 4.42. The molecule has 1 N–H and O–H groups in total. The van der Waals surface area contributed by atoms with Gasteiger partial charge in [0.25, 0.3) is 0 Å². The monoisotopic (exact) mass is 224 g/mol. The molecular weight excluding hydrogens is 200 g/mol. The number of nitrogens with one attached hydrogen (secondary N) is 1. The maximum atomic E-state index is 6.43. The Morgan fingerprint density at radius 3 is 2.88 bits per heavy atom. The maximum absolute atomic E-state index is 6.43. The fourth-order valence-electron chi connectivity index (χ4n) is 3.17. The number of hydrogen-bond donors (Lipinski definition) is 1. The van der Waals surface area contributed by atoms with Crippen molar-refractivity contribution in [2.75, 3.05) is 26.7 Å². The predicted octanol–water partition coefficient (Wildman–Crippen LogP) is 1.59. The van der Waals surface area contributed by atoms with Crippen LogP contribution in [0.3, 0.4) is 0 Å². The molecule has 3 heteroatoms. The largest absolute Gasteiger partial charge is 0.357 e. The second-order valence-corrected chi connectivity index (χ2v) is 5.86. The van der Waals surface area contributed by atoms with E-state index in [1.165, 1.54) is 45.2 Å². The van der Waals surface area contributed by atoms with Crippen LogP contribution in [0, 0.1) is 5.92 Å². The van der Waals surface area contributed by atoms with Crippen molar-refractivity contribution in [2.24, 2.45) is 5.92 Å². The molecule has 0 bridgehead atoms. The summed E-state index contributed by atoms with van der Waals surface area (Å²) in [5.41, 5.74) is 0.0241. The lowest BCUT2D eigenvalue weighted by Crippen LogP contribution is -2.55. The van der Waals surface area contributed by atoms with Crippen molar-refractivity contribution in [3.63, 3.8) is 0 Å². The lowest BCUT2D eigenvalue weighted by molar-refractivity contribution is -0.155. The first-order valence-electron chi connectivity index (χ1n) is 6.89. The molecular formula is C13H24N2O. The lowest BCUT2D eigenvalue weighted by Gasteiger charge is -2.42. The molecule has 2 atom stereocenters. The van der Waals surface area contributed by atoms with Gasteiger partial charge in [0.05, 0.1) is 6.10 Å². The van der Waals surface area contributed by atoms with Crippen molar-refractivity contribution in [1.29, 1.82) is 0 Å². The summed E-state index contributed by atoms with van der Waals surface area (Å²) in [6.07, 6.45) is 8.21. The average Bonchev–Trinajstić information content (AvgIpc) is 3.10. The molecule has 0 aromatic heterocycles. The van der Waals surface area contributed by atoms with Crippen LogP contribution in [0.4, 0.5) is 0 Å². The molecule has 2 saturated heterocycles. The minimum absolute atomic E-state index is 0.0241. The van der Waals surface area contributed by atoms with Crippen LogP contribution < -0.4 is 5.32 Å². The Bertz CT molecular complexity index is 254. The van der Waals surface area contributed by atoms with Gasteiger partial charge in [0.15, 0.2) is 0 Å². The number of nitrogens with zero attached hydrogens (tertiary/aromatic N) is 1. The molecule has 1 saturated carbocycles. The van der Waals surface area contributed by atoms with Crippen LogP contribution in [0.2, 0.25) is 0 Å². The number of rotatable bonds is 1. The van der Waals surface area contributed by atoms with E-state index in [0.29, 0.717) is 6.10 Å². The Labute approximate surface area is 98.5 Å². The Kier molecular flexibility index (Phi) is 2.94. The smallest absolute Gasteiger partial charge is 0.120 e. The third-order valence-electron chi connectivity index (χ3n) is 4.42. The molecule has 92 valence electrons. The third kappa shape index (κ3) is 2.27. The molecule has 0 radical (unpaired) electrons. The highest BCUT2D eigenvalue weighted by atomic mass is 16.5. The number of likely N-dealkylation sites (tertiary alicyclic amines) is 1. The first-order chi connectivity index (χ1) is 7.77. The van der Waals surface area contributed by atoms with Crippen LogP contribution in [-0.4, -0.2) is 43.4 Å². The molecule has 3 aliphatic rings. The standard InChI is InChI=1S/C13H24N2O/c1-15-9-2-6-13(7-10-15)14-8-5-12(16-13)11-3-4-11/h11-12,14H,2-10H2,1H3. The van der Waals surface area contributed by atoms with Gasteiger partial charge in [0.2, 0.25) is 0 Å². The summed E-state index contributed by atoms with van der Waals surface area (Å²) >= 11 is 0. The molecule has 1 spiro atoms. The summed E-state index contributed by atoms with van der Waals surface area (Å²) in [5, 5.41) is 3.66. The Morgan fingerprint density at radius 1 is 1.19 bits per heavy atom. The van der Waals surface area contributed by atoms with Crippen LogP contribution in [-0.2, 0) is 4.74 Å². The first kappa shape index (κ1) is 11.0. The van der Waals surface area contributed by atoms with Crippen LogP contribution in [0.25, 0.3) is 0 Å². The van der Waals surface area contributed by atoms with Crippen LogP contribution in [0.5, 0.6) is 0 Å². The SMILES string of the molecule is CN1CCCC2(CC1)NCCC(C1CC1)O2. The second-order valence-electron chi connectivity index (χ2n) is 5.86. The summed E-state index contributed by atoms with van der Waals surface area (Å²) in [5.74, 6) is 0.889. The Hall–Kier alpha value is -0.120. The molecule has 2 unspecified atom stereocenters. The highest BCUT2D eigenvalue weighted by Crippen LogP contribution is 2.40. The fourth-order valence-corrected chi connectivity index (χ4v) is 3.17. The van der Waals surface area contributed by atoms with Gasteiger partial charge in [-0.05, 0) is 51.6 Å². The van der Waals surface area contributed by atoms with Crippen molar-refractivity contribution in [3.8, 4) is 0 Å². The number of hydrogen-bond acceptors (Lipinski definition) is 3. The highest BCUT2D eigenvalue weighted by molar-refractivity contribution is 4.92. The quantitative estimate of drug-likeness (QED) is 0.732. The van der Waals surface area contributed by atoms with Gasteiger partial charge >= 0.3 is 0 Å². The van der Waals surface area contributed by atoms with Crippen LogP contribution in [0.1, 0.15) is 38.5 Å². The van der Waals surface area contributed by atoms with E-state index in [0.717, 1.165) is 18.9 Å². The van der Waals surface area contributed by atoms with Gasteiger partial charge in [-0.2, -0.15) is 0 Å². The molecule has 1 aliphatic carbocycles. The molecule has 3 rings (SSSR count). The molecule has 2 aliphatic heterocycles. The molecule has 0 amide bonds. The van der Waals surface area contributed by atoms with E-state index in [-0.39, 0.29) is 5.72 Å². The zero-order chi connectivity index (χ0) is 11.0. The van der Waals surface area contributed by atoms with Gasteiger partial charge in [-0.3, -0.25) is 5.32 Å². The zero-order valence-corrected chi connectivity index (χ0v) is 10.4. The van der Waals surface area contributed by atoms with Gasteiger partial charge in [-0.15, -0.1) is 0 Å². The Morgan fingerprint density at radius 2 is 2.06 bits per heavy atom. The molecule has 3 nitrogen and oxygen atoms in total. The predicted molar refractivity (Wildman–Crippen MR) is 64.3 cm³/mol. The van der Waals surface area contributed by atoms with E-state index < -0.39 is 0 Å². The maximum Gasteiger partial charge on any atom is 0.120 e. The molecule has 0 aromatic carbocycles. The number of ether oxygens (including phenoxy) is 1. The van der Waals surface area contributed by atoms with Crippen molar-refractivity contribution in [1.82, 2.24) is 10.2 Å². The minimum atomic E-state index is 0.0241. The Balaban J connectivity index is 1.65. The molecule has 0 aromatic rings. The second kappa shape index (κ2) is 4.28. The van der Waals surface area contributed by atoms with E-state index in [4.69, 9.17) is 4.74 Å². The zero-order valence-electron chi connectivity index (χ0n) is 10.4. The average molecular weight is 224 g/mol. The fraction of sp³-hybridized carbons (Fsp3) is 1.00. The normalized spacial score (nSPS) is 42.2. The van der Waals surface area contributed by atoms with Gasteiger partial charge in [-0.25, -0.2) is 0 Å². The summed E-state index contributed by atoms with van der Waals surface area (Å²) in [7, 11) is 2.22. The van der Waals surface area contributed by atoms with Gasteiger partial charge in [-0.1, -0.05) is 0 Å². The summed E-state index contributed by atoms with van der Waals surface area (Å²) in [6.45, 7) is 3.55. The van der Waals surface area contributed by atoms with Crippen LogP contribution in [0.15, 0.2) is 0 Å². The van der Waals surface area contributed by atoms with Crippen LogP contribution >= 0.6 is 0 Å². The van der Waals surface area contributed by atoms with Gasteiger partial charge in [0, 0.05) is 19.5 Å². The van der Waals surface area contributed by atoms with E-state index >= 15 is 0 Å². The van der Waals surface area contributed by atoms with E-state index in [2.05, 4.69) is 17.3 Å². The molecule has 16 heavy (non-hydrogen) atoms.